The molecular formula is C21H31N5O4S. The number of sulfonamides is 1. The van der Waals surface area contributed by atoms with E-state index in [0.717, 1.165) is 30.5 Å². The molecule has 170 valence electrons. The van der Waals surface area contributed by atoms with Crippen LogP contribution in [0.2, 0.25) is 0 Å². The van der Waals surface area contributed by atoms with Crippen molar-refractivity contribution in [1.29, 1.82) is 0 Å². The molecule has 3 heterocycles. The van der Waals surface area contributed by atoms with Gasteiger partial charge in [-0.2, -0.15) is 0 Å². The lowest BCUT2D eigenvalue weighted by Gasteiger charge is -2.37. The molecule has 1 N–H and O–H groups in total. The van der Waals surface area contributed by atoms with Crippen molar-refractivity contribution in [2.24, 2.45) is 4.99 Å². The molecular weight excluding hydrogens is 418 g/mol. The van der Waals surface area contributed by atoms with Gasteiger partial charge in [0.1, 0.15) is 6.10 Å². The molecule has 9 nitrogen and oxygen atoms in total. The Bertz CT molecular complexity index is 921. The topological polar surface area (TPSA) is 94.5 Å². The molecule has 0 aliphatic carbocycles. The first-order valence-electron chi connectivity index (χ1n) is 10.9. The minimum atomic E-state index is -3.41. The van der Waals surface area contributed by atoms with Gasteiger partial charge in [0.05, 0.1) is 11.4 Å². The molecule has 0 radical (unpaired) electrons. The van der Waals surface area contributed by atoms with Gasteiger partial charge in [-0.3, -0.25) is 14.1 Å². The molecule has 31 heavy (non-hydrogen) atoms. The number of fused-ring (bicyclic) bond motifs is 1. The number of piperazine rings is 1. The zero-order valence-electron chi connectivity index (χ0n) is 18.0. The largest absolute Gasteiger partial charge is 0.368 e. The fraction of sp³-hybridized carbons (Fsp3) is 0.619. The van der Waals surface area contributed by atoms with Crippen LogP contribution in [0.1, 0.15) is 18.4 Å². The average Bonchev–Trinajstić information content (AvgIpc) is 3.47. The fourth-order valence-corrected chi connectivity index (χ4v) is 5.87. The number of guanidine groups is 1. The van der Waals surface area contributed by atoms with Crippen LogP contribution in [-0.4, -0.2) is 94.9 Å². The van der Waals surface area contributed by atoms with E-state index in [1.807, 2.05) is 29.2 Å². The van der Waals surface area contributed by atoms with Gasteiger partial charge in [0, 0.05) is 52.9 Å². The molecule has 0 saturated carbocycles. The van der Waals surface area contributed by atoms with Gasteiger partial charge >= 0.3 is 0 Å². The quantitative estimate of drug-likeness (QED) is 0.513. The predicted octanol–water partition coefficient (Wildman–Crippen LogP) is 0.278. The molecule has 2 fully saturated rings. The summed E-state index contributed by atoms with van der Waals surface area (Å²) in [6.07, 6.45) is 2.21. The van der Waals surface area contributed by atoms with E-state index < -0.39 is 10.0 Å². The highest BCUT2D eigenvalue weighted by Crippen LogP contribution is 2.29. The van der Waals surface area contributed by atoms with Crippen LogP contribution in [0.3, 0.4) is 0 Å². The molecule has 3 aliphatic heterocycles. The standard InChI is InChI=1S/C21H31N5O4S/c1-22-21(25-13-11-24(12-14-25)20(27)19-7-4-15-30-19)23-9-16-31(28,29)26-10-8-17-5-2-3-6-18(17)26/h2-3,5-6,19H,4,7-16H2,1H3,(H,22,23). The zero-order valence-corrected chi connectivity index (χ0v) is 18.8. The van der Waals surface area contributed by atoms with Crippen molar-refractivity contribution in [3.05, 3.63) is 29.8 Å². The molecule has 10 heteroatoms. The van der Waals surface area contributed by atoms with E-state index in [-0.39, 0.29) is 24.3 Å². The van der Waals surface area contributed by atoms with Crippen molar-refractivity contribution in [2.45, 2.75) is 25.4 Å². The second-order valence-corrected chi connectivity index (χ2v) is 10.1. The lowest BCUT2D eigenvalue weighted by Crippen LogP contribution is -2.55. The molecule has 1 unspecified atom stereocenters. The maximum atomic E-state index is 12.9. The number of benzene rings is 1. The monoisotopic (exact) mass is 449 g/mol. The van der Waals surface area contributed by atoms with Crippen LogP contribution in [-0.2, 0) is 26.0 Å². The summed E-state index contributed by atoms with van der Waals surface area (Å²) in [6.45, 7) is 3.98. The Labute approximate surface area is 184 Å². The number of nitrogens with zero attached hydrogens (tertiary/aromatic N) is 4. The lowest BCUT2D eigenvalue weighted by atomic mass is 10.2. The SMILES string of the molecule is CN=C(NCCS(=O)(=O)N1CCc2ccccc21)N1CCN(C(=O)C2CCCO2)CC1. The van der Waals surface area contributed by atoms with E-state index in [4.69, 9.17) is 4.74 Å². The molecule has 1 atom stereocenters. The summed E-state index contributed by atoms with van der Waals surface area (Å²) >= 11 is 0. The van der Waals surface area contributed by atoms with Gasteiger partial charge in [0.15, 0.2) is 5.96 Å². The third-order valence-electron chi connectivity index (χ3n) is 6.13. The van der Waals surface area contributed by atoms with Crippen LogP contribution >= 0.6 is 0 Å². The van der Waals surface area contributed by atoms with Gasteiger partial charge < -0.3 is 19.9 Å². The third kappa shape index (κ3) is 4.79. The van der Waals surface area contributed by atoms with Gasteiger partial charge in [-0.15, -0.1) is 0 Å². The second-order valence-electron chi connectivity index (χ2n) is 8.05. The van der Waals surface area contributed by atoms with Gasteiger partial charge in [-0.25, -0.2) is 8.42 Å². The number of anilines is 1. The number of hydrogen-bond acceptors (Lipinski definition) is 5. The number of hydrogen-bond donors (Lipinski definition) is 1. The fourth-order valence-electron chi connectivity index (χ4n) is 4.45. The number of rotatable bonds is 5. The number of carbonyl (C=O) groups excluding carboxylic acids is 1. The molecule has 2 saturated heterocycles. The van der Waals surface area contributed by atoms with Crippen LogP contribution in [0.4, 0.5) is 5.69 Å². The van der Waals surface area contributed by atoms with Crippen molar-refractivity contribution in [1.82, 2.24) is 15.1 Å². The zero-order chi connectivity index (χ0) is 21.8. The minimum Gasteiger partial charge on any atom is -0.368 e. The van der Waals surface area contributed by atoms with Crippen molar-refractivity contribution < 1.29 is 17.9 Å². The van der Waals surface area contributed by atoms with Gasteiger partial charge in [0.2, 0.25) is 10.0 Å². The first-order chi connectivity index (χ1) is 15.0. The number of nitrogens with one attached hydrogen (secondary N) is 1. The molecule has 0 bridgehead atoms. The highest BCUT2D eigenvalue weighted by molar-refractivity contribution is 7.92. The number of para-hydroxylation sites is 1. The summed E-state index contributed by atoms with van der Waals surface area (Å²) in [5, 5.41) is 3.18. The smallest absolute Gasteiger partial charge is 0.251 e. The van der Waals surface area contributed by atoms with E-state index in [1.165, 1.54) is 4.31 Å². The first kappa shape index (κ1) is 21.9. The molecule has 0 spiro atoms. The van der Waals surface area contributed by atoms with Gasteiger partial charge in [-0.05, 0) is 30.9 Å². The summed E-state index contributed by atoms with van der Waals surface area (Å²) in [5.41, 5.74) is 1.86. The Kier molecular flexibility index (Phi) is 6.66. The van der Waals surface area contributed by atoms with E-state index in [9.17, 15) is 13.2 Å². The van der Waals surface area contributed by atoms with Crippen LogP contribution in [0.5, 0.6) is 0 Å². The van der Waals surface area contributed by atoms with E-state index in [0.29, 0.717) is 45.3 Å². The Hall–Kier alpha value is -2.33. The Morgan fingerprint density at radius 3 is 2.61 bits per heavy atom. The summed E-state index contributed by atoms with van der Waals surface area (Å²) in [5.74, 6) is 0.746. The van der Waals surface area contributed by atoms with Crippen LogP contribution in [0.15, 0.2) is 29.3 Å². The second kappa shape index (κ2) is 9.44. The lowest BCUT2D eigenvalue weighted by molar-refractivity contribution is -0.142. The molecule has 4 rings (SSSR count). The van der Waals surface area contributed by atoms with E-state index >= 15 is 0 Å². The van der Waals surface area contributed by atoms with E-state index in [2.05, 4.69) is 15.2 Å². The average molecular weight is 450 g/mol. The maximum Gasteiger partial charge on any atom is 0.251 e. The molecule has 1 amide bonds. The van der Waals surface area contributed by atoms with Crippen LogP contribution in [0, 0.1) is 0 Å². The Morgan fingerprint density at radius 1 is 1.16 bits per heavy atom. The maximum absolute atomic E-state index is 12.9. The summed E-state index contributed by atoms with van der Waals surface area (Å²) in [7, 11) is -1.72. The van der Waals surface area contributed by atoms with Crippen molar-refractivity contribution >= 4 is 27.6 Å². The number of ether oxygens (including phenoxy) is 1. The normalized spacial score (nSPS) is 22.0. The van der Waals surface area contributed by atoms with E-state index in [1.54, 1.807) is 7.05 Å². The summed E-state index contributed by atoms with van der Waals surface area (Å²) < 4.78 is 32.8. The van der Waals surface area contributed by atoms with Crippen molar-refractivity contribution in [2.75, 3.05) is 63.0 Å². The molecule has 1 aromatic rings. The number of amides is 1. The highest BCUT2D eigenvalue weighted by atomic mass is 32.2. The number of carbonyl (C=O) groups is 1. The Morgan fingerprint density at radius 2 is 1.90 bits per heavy atom. The highest BCUT2D eigenvalue weighted by Gasteiger charge is 2.31. The first-order valence-corrected chi connectivity index (χ1v) is 12.5. The molecule has 1 aromatic carbocycles. The van der Waals surface area contributed by atoms with Gasteiger partial charge in [0.25, 0.3) is 5.91 Å². The molecule has 0 aromatic heterocycles. The van der Waals surface area contributed by atoms with Crippen LogP contribution in [0.25, 0.3) is 0 Å². The molecule has 3 aliphatic rings. The predicted molar refractivity (Wildman–Crippen MR) is 120 cm³/mol. The van der Waals surface area contributed by atoms with Gasteiger partial charge in [-0.1, -0.05) is 18.2 Å². The minimum absolute atomic E-state index is 0.00216. The summed E-state index contributed by atoms with van der Waals surface area (Å²) in [6, 6.07) is 7.66. The third-order valence-corrected chi connectivity index (χ3v) is 7.90. The van der Waals surface area contributed by atoms with Crippen LogP contribution < -0.4 is 9.62 Å². The Balaban J connectivity index is 1.26. The van der Waals surface area contributed by atoms with Crippen molar-refractivity contribution in [3.8, 4) is 0 Å². The number of aliphatic imine (C=N–C) groups is 1. The van der Waals surface area contributed by atoms with Crippen molar-refractivity contribution in [3.63, 3.8) is 0 Å². The summed E-state index contributed by atoms with van der Waals surface area (Å²) in [4.78, 5) is 20.7.